The van der Waals surface area contributed by atoms with Gasteiger partial charge in [0, 0.05) is 34.7 Å². The maximum Gasteiger partial charge on any atom is 0.309 e. The van der Waals surface area contributed by atoms with Gasteiger partial charge < -0.3 is 4.74 Å². The van der Waals surface area contributed by atoms with E-state index in [1.54, 1.807) is 28.7 Å². The molecule has 1 saturated carbocycles. The summed E-state index contributed by atoms with van der Waals surface area (Å²) < 4.78 is 8.82. The number of carbonyl (C=O) groups is 2. The lowest BCUT2D eigenvalue weighted by molar-refractivity contribution is -0.148. The molecule has 1 unspecified atom stereocenters. The average molecular weight is 479 g/mol. The van der Waals surface area contributed by atoms with Crippen molar-refractivity contribution in [2.45, 2.75) is 19.8 Å². The third-order valence-electron chi connectivity index (χ3n) is 6.06. The second-order valence-corrected chi connectivity index (χ2v) is 8.63. The first-order chi connectivity index (χ1) is 17.6. The molecule has 4 aromatic rings. The van der Waals surface area contributed by atoms with Crippen LogP contribution in [0.3, 0.4) is 0 Å². The van der Waals surface area contributed by atoms with Crippen LogP contribution in [0.1, 0.15) is 30.9 Å². The van der Waals surface area contributed by atoms with Gasteiger partial charge in [-0.05, 0) is 56.2 Å². The number of hydrogen-bond donors (Lipinski definition) is 0. The van der Waals surface area contributed by atoms with Crippen LogP contribution in [0.15, 0.2) is 96.6 Å². The fourth-order valence-electron chi connectivity index (χ4n) is 4.34. The number of allylic oxidation sites excluding steroid dienone is 2. The van der Waals surface area contributed by atoms with Crippen molar-refractivity contribution in [1.82, 2.24) is 19.6 Å². The van der Waals surface area contributed by atoms with Gasteiger partial charge in [0.2, 0.25) is 0 Å². The van der Waals surface area contributed by atoms with Gasteiger partial charge in [-0.1, -0.05) is 36.4 Å². The molecule has 180 valence electrons. The number of benzene rings is 2. The summed E-state index contributed by atoms with van der Waals surface area (Å²) in [6.45, 7) is 2.09. The Morgan fingerprint density at radius 3 is 1.78 bits per heavy atom. The number of ether oxygens (including phenoxy) is 1. The van der Waals surface area contributed by atoms with Gasteiger partial charge >= 0.3 is 5.97 Å². The topological polar surface area (TPSA) is 79.0 Å². The highest BCUT2D eigenvalue weighted by Crippen LogP contribution is 2.33. The van der Waals surface area contributed by atoms with Gasteiger partial charge in [-0.25, -0.2) is 9.36 Å². The molecular formula is C29H26N4O3. The highest BCUT2D eigenvalue weighted by Gasteiger charge is 2.33. The van der Waals surface area contributed by atoms with Gasteiger partial charge in [0.1, 0.15) is 0 Å². The molecule has 5 rings (SSSR count). The van der Waals surface area contributed by atoms with Crippen molar-refractivity contribution in [2.24, 2.45) is 5.92 Å². The van der Waals surface area contributed by atoms with Crippen LogP contribution in [0, 0.1) is 5.92 Å². The minimum Gasteiger partial charge on any atom is -0.466 e. The highest BCUT2D eigenvalue weighted by atomic mass is 16.5. The van der Waals surface area contributed by atoms with Crippen molar-refractivity contribution in [2.75, 3.05) is 6.61 Å². The van der Waals surface area contributed by atoms with Crippen LogP contribution in [-0.4, -0.2) is 37.9 Å². The number of rotatable bonds is 6. The van der Waals surface area contributed by atoms with Crippen LogP contribution in [0.2, 0.25) is 0 Å². The molecule has 2 heterocycles. The Bertz CT molecular complexity index is 1330. The molecule has 0 radical (unpaired) electrons. The molecule has 1 fully saturated rings. The zero-order chi connectivity index (χ0) is 24.9. The predicted octanol–water partition coefficient (Wildman–Crippen LogP) is 5.07. The molecule has 0 spiro atoms. The van der Waals surface area contributed by atoms with E-state index in [2.05, 4.69) is 10.2 Å². The molecule has 0 bridgehead atoms. The molecule has 0 N–H and O–H groups in total. The number of aromatic nitrogens is 4. The van der Waals surface area contributed by atoms with Crippen molar-refractivity contribution in [1.29, 1.82) is 0 Å². The predicted molar refractivity (Wildman–Crippen MR) is 137 cm³/mol. The lowest BCUT2D eigenvalue weighted by atomic mass is 9.80. The number of esters is 1. The summed E-state index contributed by atoms with van der Waals surface area (Å²) in [6.07, 6.45) is 11.5. The van der Waals surface area contributed by atoms with E-state index < -0.39 is 5.92 Å². The number of Topliss-reactive ketones (excluding diaryl/α,β-unsaturated/α-hetero) is 1. The Morgan fingerprint density at radius 1 is 0.861 bits per heavy atom. The van der Waals surface area contributed by atoms with Gasteiger partial charge in [-0.3, -0.25) is 9.59 Å². The third kappa shape index (κ3) is 5.10. The van der Waals surface area contributed by atoms with E-state index in [0.717, 1.165) is 22.5 Å². The molecule has 0 amide bonds. The number of nitrogens with zero attached hydrogens (tertiary/aromatic N) is 4. The molecule has 2 aromatic carbocycles. The molecule has 0 saturated heterocycles. The summed E-state index contributed by atoms with van der Waals surface area (Å²) >= 11 is 0. The summed E-state index contributed by atoms with van der Waals surface area (Å²) in [4.78, 5) is 26.1. The molecule has 2 aromatic heterocycles. The Labute approximate surface area is 209 Å². The van der Waals surface area contributed by atoms with Crippen LogP contribution in [0.5, 0.6) is 0 Å². The minimum atomic E-state index is -0.423. The van der Waals surface area contributed by atoms with Gasteiger partial charge in [-0.2, -0.15) is 10.2 Å². The number of carbonyl (C=O) groups excluding carboxylic acids is 2. The fourth-order valence-corrected chi connectivity index (χ4v) is 4.34. The maximum absolute atomic E-state index is 13.5. The lowest BCUT2D eigenvalue weighted by Crippen LogP contribution is -2.27. The number of hydrogen-bond acceptors (Lipinski definition) is 5. The second-order valence-electron chi connectivity index (χ2n) is 8.63. The molecule has 1 aliphatic carbocycles. The second kappa shape index (κ2) is 10.4. The van der Waals surface area contributed by atoms with Gasteiger partial charge in [0.05, 0.1) is 36.3 Å². The van der Waals surface area contributed by atoms with Crippen molar-refractivity contribution >= 4 is 23.9 Å². The van der Waals surface area contributed by atoms with E-state index in [4.69, 9.17) is 4.74 Å². The van der Waals surface area contributed by atoms with Crippen LogP contribution in [0.4, 0.5) is 0 Å². The Kier molecular flexibility index (Phi) is 6.71. The van der Waals surface area contributed by atoms with Crippen LogP contribution >= 0.6 is 0 Å². The Balaban J connectivity index is 1.45. The molecule has 7 nitrogen and oxygen atoms in total. The summed E-state index contributed by atoms with van der Waals surface area (Å²) in [5.74, 6) is -0.786. The standard InChI is InChI=1S/C29H26N4O3/c1-2-36-29(35)25-15-23(13-21-17-30-32(19-21)26-9-5-3-6-10-26)28(34)24(16-25)14-22-18-31-33(20-22)27-11-7-4-8-12-27/h3-14,17-20,25H,2,15-16H2,1H3/b23-13-,24-14+. The van der Waals surface area contributed by atoms with Crippen molar-refractivity contribution in [3.63, 3.8) is 0 Å². The summed E-state index contributed by atoms with van der Waals surface area (Å²) in [5, 5.41) is 8.84. The SMILES string of the molecule is CCOC(=O)C1C/C(=C/c2cnn(-c3ccccc3)c2)C(=O)/C(=C/c2cnn(-c3ccccc3)c2)C1. The highest BCUT2D eigenvalue weighted by molar-refractivity contribution is 6.14. The zero-order valence-corrected chi connectivity index (χ0v) is 19.9. The van der Waals surface area contributed by atoms with Crippen LogP contribution in [-0.2, 0) is 14.3 Å². The van der Waals surface area contributed by atoms with Crippen LogP contribution < -0.4 is 0 Å². The molecular weight excluding hydrogens is 452 g/mol. The maximum atomic E-state index is 13.5. The molecule has 36 heavy (non-hydrogen) atoms. The normalized spacial score (nSPS) is 18.0. The van der Waals surface area contributed by atoms with E-state index in [1.807, 2.05) is 85.2 Å². The Morgan fingerprint density at radius 2 is 1.33 bits per heavy atom. The number of para-hydroxylation sites is 2. The van der Waals surface area contributed by atoms with Crippen molar-refractivity contribution in [3.05, 3.63) is 108 Å². The van der Waals surface area contributed by atoms with E-state index in [-0.39, 0.29) is 11.8 Å². The van der Waals surface area contributed by atoms with Crippen molar-refractivity contribution < 1.29 is 14.3 Å². The fraction of sp³-hybridized carbons (Fsp3) is 0.172. The van der Waals surface area contributed by atoms with Gasteiger partial charge in [0.15, 0.2) is 5.78 Å². The summed E-state index contributed by atoms with van der Waals surface area (Å²) in [6, 6.07) is 19.5. The first-order valence-corrected chi connectivity index (χ1v) is 11.9. The molecule has 1 aliphatic rings. The van der Waals surface area contributed by atoms with E-state index in [0.29, 0.717) is 30.6 Å². The minimum absolute atomic E-state index is 0.0736. The first-order valence-electron chi connectivity index (χ1n) is 11.9. The smallest absolute Gasteiger partial charge is 0.309 e. The zero-order valence-electron chi connectivity index (χ0n) is 19.9. The average Bonchev–Trinajstić information content (AvgIpc) is 3.57. The van der Waals surface area contributed by atoms with Gasteiger partial charge in [0.25, 0.3) is 0 Å². The quantitative estimate of drug-likeness (QED) is 0.286. The van der Waals surface area contributed by atoms with E-state index in [9.17, 15) is 9.59 Å². The first kappa shape index (κ1) is 23.2. The lowest BCUT2D eigenvalue weighted by Gasteiger charge is -2.24. The monoisotopic (exact) mass is 478 g/mol. The van der Waals surface area contributed by atoms with Crippen LogP contribution in [0.25, 0.3) is 23.5 Å². The van der Waals surface area contributed by atoms with Gasteiger partial charge in [-0.15, -0.1) is 0 Å². The molecule has 7 heteroatoms. The Hall–Kier alpha value is -4.52. The summed E-state index contributed by atoms with van der Waals surface area (Å²) in [5.41, 5.74) is 4.57. The molecule has 1 atom stereocenters. The van der Waals surface area contributed by atoms with E-state index in [1.165, 1.54) is 0 Å². The van der Waals surface area contributed by atoms with Crippen molar-refractivity contribution in [3.8, 4) is 11.4 Å². The van der Waals surface area contributed by atoms with E-state index >= 15 is 0 Å². The largest absolute Gasteiger partial charge is 0.466 e. The third-order valence-corrected chi connectivity index (χ3v) is 6.06. The summed E-state index contributed by atoms with van der Waals surface area (Å²) in [7, 11) is 0. The molecule has 0 aliphatic heterocycles. The number of ketones is 1.